The van der Waals surface area contributed by atoms with Crippen LogP contribution in [-0.4, -0.2) is 46.9 Å². The molecule has 4 aromatic rings. The lowest BCUT2D eigenvalue weighted by Crippen LogP contribution is -2.49. The lowest BCUT2D eigenvalue weighted by atomic mass is 9.96. The van der Waals surface area contributed by atoms with Crippen molar-refractivity contribution in [1.82, 2.24) is 14.8 Å². The van der Waals surface area contributed by atoms with Gasteiger partial charge in [-0.05, 0) is 29.3 Å². The van der Waals surface area contributed by atoms with Crippen molar-refractivity contribution in [3.05, 3.63) is 114 Å². The molecule has 0 saturated carbocycles. The van der Waals surface area contributed by atoms with Crippen molar-refractivity contribution in [2.75, 3.05) is 26.2 Å². The van der Waals surface area contributed by atoms with Crippen molar-refractivity contribution in [2.45, 2.75) is 6.04 Å². The van der Waals surface area contributed by atoms with E-state index in [1.165, 1.54) is 23.3 Å². The van der Waals surface area contributed by atoms with Crippen LogP contribution in [0.5, 0.6) is 0 Å². The zero-order chi connectivity index (χ0) is 21.9. The monoisotopic (exact) mass is 425 g/mol. The average Bonchev–Trinajstić information content (AvgIpc) is 2.85. The minimum Gasteiger partial charge on any atom is -0.336 e. The first kappa shape index (κ1) is 20.3. The van der Waals surface area contributed by atoms with Gasteiger partial charge in [-0.25, -0.2) is 4.39 Å². The predicted octanol–water partition coefficient (Wildman–Crippen LogP) is 4.92. The Hall–Kier alpha value is -3.57. The summed E-state index contributed by atoms with van der Waals surface area (Å²) in [5.74, 6) is -0.356. The van der Waals surface area contributed by atoms with Gasteiger partial charge in [0.05, 0.1) is 17.1 Å². The van der Waals surface area contributed by atoms with E-state index in [4.69, 9.17) is 0 Å². The fourth-order valence-electron chi connectivity index (χ4n) is 4.46. The highest BCUT2D eigenvalue weighted by Gasteiger charge is 2.28. The Morgan fingerprint density at radius 2 is 1.44 bits per heavy atom. The predicted molar refractivity (Wildman–Crippen MR) is 124 cm³/mol. The summed E-state index contributed by atoms with van der Waals surface area (Å²) < 4.78 is 13.4. The van der Waals surface area contributed by atoms with Crippen LogP contribution in [0, 0.1) is 5.82 Å². The summed E-state index contributed by atoms with van der Waals surface area (Å²) >= 11 is 0. The van der Waals surface area contributed by atoms with Gasteiger partial charge in [0, 0.05) is 43.8 Å². The van der Waals surface area contributed by atoms with E-state index in [2.05, 4.69) is 58.4 Å². The van der Waals surface area contributed by atoms with E-state index in [9.17, 15) is 9.18 Å². The van der Waals surface area contributed by atoms with Crippen LogP contribution in [0.25, 0.3) is 10.9 Å². The van der Waals surface area contributed by atoms with E-state index >= 15 is 0 Å². The molecule has 4 nitrogen and oxygen atoms in total. The molecule has 0 aliphatic carbocycles. The Labute approximate surface area is 186 Å². The molecule has 0 radical (unpaired) electrons. The maximum Gasteiger partial charge on any atom is 0.255 e. The Morgan fingerprint density at radius 1 is 0.812 bits per heavy atom. The Bertz CT molecular complexity index is 1180. The third-order valence-corrected chi connectivity index (χ3v) is 6.09. The van der Waals surface area contributed by atoms with Gasteiger partial charge in [0.25, 0.3) is 5.91 Å². The number of benzene rings is 3. The molecule has 160 valence electrons. The van der Waals surface area contributed by atoms with Crippen molar-refractivity contribution in [3.63, 3.8) is 0 Å². The van der Waals surface area contributed by atoms with E-state index in [1.54, 1.807) is 18.3 Å². The van der Waals surface area contributed by atoms with Gasteiger partial charge < -0.3 is 4.90 Å². The number of carbonyl (C=O) groups excluding carboxylic acids is 1. The fraction of sp³-hybridized carbons (Fsp3) is 0.185. The molecule has 5 heteroatoms. The van der Waals surface area contributed by atoms with Gasteiger partial charge in [-0.1, -0.05) is 60.7 Å². The van der Waals surface area contributed by atoms with Crippen molar-refractivity contribution in [3.8, 4) is 0 Å². The smallest absolute Gasteiger partial charge is 0.255 e. The quantitative estimate of drug-likeness (QED) is 0.466. The molecule has 1 aliphatic rings. The number of carbonyl (C=O) groups is 1. The third-order valence-electron chi connectivity index (χ3n) is 6.09. The van der Waals surface area contributed by atoms with E-state index in [0.717, 1.165) is 18.5 Å². The van der Waals surface area contributed by atoms with E-state index in [-0.39, 0.29) is 17.8 Å². The maximum absolute atomic E-state index is 13.4. The van der Waals surface area contributed by atoms with Gasteiger partial charge in [-0.15, -0.1) is 0 Å². The second-order valence-electron chi connectivity index (χ2n) is 8.11. The molecule has 1 aliphatic heterocycles. The second-order valence-corrected chi connectivity index (χ2v) is 8.11. The lowest BCUT2D eigenvalue weighted by Gasteiger charge is -2.39. The molecule has 1 aromatic heterocycles. The number of piperazine rings is 1. The molecule has 32 heavy (non-hydrogen) atoms. The summed E-state index contributed by atoms with van der Waals surface area (Å²) in [4.78, 5) is 21.7. The van der Waals surface area contributed by atoms with Crippen LogP contribution in [-0.2, 0) is 0 Å². The standard InChI is InChI=1S/C27H24FN3O/c28-24-12-11-22-17-23(19-29-25(22)18-24)27(32)31-15-13-30(14-16-31)26(20-7-3-1-4-8-20)21-9-5-2-6-10-21/h1-12,17-19,26H,13-16H2. The highest BCUT2D eigenvalue weighted by Crippen LogP contribution is 2.29. The summed E-state index contributed by atoms with van der Waals surface area (Å²) in [6, 6.07) is 27.4. The Morgan fingerprint density at radius 3 is 2.06 bits per heavy atom. The second kappa shape index (κ2) is 8.89. The molecule has 0 unspecified atom stereocenters. The summed E-state index contributed by atoms with van der Waals surface area (Å²) in [7, 11) is 0. The molecule has 2 heterocycles. The number of hydrogen-bond acceptors (Lipinski definition) is 3. The molecule has 0 N–H and O–H groups in total. The summed E-state index contributed by atoms with van der Waals surface area (Å²) in [6.07, 6.45) is 1.55. The molecule has 1 saturated heterocycles. The zero-order valence-corrected chi connectivity index (χ0v) is 17.7. The van der Waals surface area contributed by atoms with Crippen LogP contribution in [0.15, 0.2) is 91.1 Å². The molecule has 0 atom stereocenters. The van der Waals surface area contributed by atoms with Crippen molar-refractivity contribution in [1.29, 1.82) is 0 Å². The fourth-order valence-corrected chi connectivity index (χ4v) is 4.46. The summed E-state index contributed by atoms with van der Waals surface area (Å²) in [5, 5.41) is 0.768. The van der Waals surface area contributed by atoms with E-state index < -0.39 is 0 Å². The minimum absolute atomic E-state index is 0.0284. The summed E-state index contributed by atoms with van der Waals surface area (Å²) in [5.41, 5.74) is 3.61. The first-order valence-corrected chi connectivity index (χ1v) is 10.9. The molecule has 5 rings (SSSR count). The molecule has 1 amide bonds. The Balaban J connectivity index is 1.33. The maximum atomic E-state index is 13.4. The van der Waals surface area contributed by atoms with Crippen LogP contribution in [0.1, 0.15) is 27.5 Å². The number of fused-ring (bicyclic) bond motifs is 1. The van der Waals surface area contributed by atoms with E-state index in [1.807, 2.05) is 17.0 Å². The van der Waals surface area contributed by atoms with Gasteiger partial charge in [-0.2, -0.15) is 0 Å². The van der Waals surface area contributed by atoms with Gasteiger partial charge in [0.15, 0.2) is 0 Å². The van der Waals surface area contributed by atoms with E-state index in [0.29, 0.717) is 24.2 Å². The number of halogens is 1. The minimum atomic E-state index is -0.327. The topological polar surface area (TPSA) is 36.4 Å². The average molecular weight is 426 g/mol. The lowest BCUT2D eigenvalue weighted by molar-refractivity contribution is 0.0597. The first-order chi connectivity index (χ1) is 15.7. The normalized spacial score (nSPS) is 14.8. The van der Waals surface area contributed by atoms with Gasteiger partial charge in [0.2, 0.25) is 0 Å². The molecule has 0 bridgehead atoms. The molecular formula is C27H24FN3O. The van der Waals surface area contributed by atoms with Crippen LogP contribution in [0.4, 0.5) is 4.39 Å². The van der Waals surface area contributed by atoms with Gasteiger partial charge in [-0.3, -0.25) is 14.7 Å². The van der Waals surface area contributed by atoms with Crippen LogP contribution in [0.2, 0.25) is 0 Å². The SMILES string of the molecule is O=C(c1cnc2cc(F)ccc2c1)N1CCN(C(c2ccccc2)c2ccccc2)CC1. The van der Waals surface area contributed by atoms with Gasteiger partial charge in [0.1, 0.15) is 5.82 Å². The molecular weight excluding hydrogens is 401 g/mol. The first-order valence-electron chi connectivity index (χ1n) is 10.9. The van der Waals surface area contributed by atoms with Crippen LogP contribution < -0.4 is 0 Å². The van der Waals surface area contributed by atoms with Crippen molar-refractivity contribution < 1.29 is 9.18 Å². The van der Waals surface area contributed by atoms with Crippen LogP contribution >= 0.6 is 0 Å². The zero-order valence-electron chi connectivity index (χ0n) is 17.7. The number of aromatic nitrogens is 1. The largest absolute Gasteiger partial charge is 0.336 e. The van der Waals surface area contributed by atoms with Crippen molar-refractivity contribution >= 4 is 16.8 Å². The molecule has 1 fully saturated rings. The van der Waals surface area contributed by atoms with Crippen LogP contribution in [0.3, 0.4) is 0 Å². The number of nitrogens with zero attached hydrogens (tertiary/aromatic N) is 3. The Kier molecular flexibility index (Phi) is 5.65. The highest BCUT2D eigenvalue weighted by molar-refractivity contribution is 5.97. The number of rotatable bonds is 4. The van der Waals surface area contributed by atoms with Gasteiger partial charge >= 0.3 is 0 Å². The van der Waals surface area contributed by atoms with Crippen molar-refractivity contribution in [2.24, 2.45) is 0 Å². The number of amides is 1. The summed E-state index contributed by atoms with van der Waals surface area (Å²) in [6.45, 7) is 2.87. The highest BCUT2D eigenvalue weighted by atomic mass is 19.1. The third kappa shape index (κ3) is 4.12. The molecule has 3 aromatic carbocycles. The number of pyridine rings is 1. The molecule has 0 spiro atoms. The number of hydrogen-bond donors (Lipinski definition) is 0.